The first-order chi connectivity index (χ1) is 11.9. The van der Waals surface area contributed by atoms with Crippen LogP contribution in [0.25, 0.3) is 5.82 Å². The molecule has 3 rings (SSSR count). The molecule has 134 valence electrons. The highest BCUT2D eigenvalue weighted by Crippen LogP contribution is 2.25. The number of primary amides is 1. The first-order valence-corrected chi connectivity index (χ1v) is 8.57. The predicted octanol–water partition coefficient (Wildman–Crippen LogP) is 2.12. The topological polar surface area (TPSA) is 94.4 Å². The zero-order chi connectivity index (χ0) is 18.1. The van der Waals surface area contributed by atoms with E-state index in [0.29, 0.717) is 30.9 Å². The molecule has 7 nitrogen and oxygen atoms in total. The van der Waals surface area contributed by atoms with E-state index in [4.69, 9.17) is 10.3 Å². The summed E-state index contributed by atoms with van der Waals surface area (Å²) in [5.41, 5.74) is 7.75. The zero-order valence-corrected chi connectivity index (χ0v) is 14.9. The first kappa shape index (κ1) is 17.3. The van der Waals surface area contributed by atoms with E-state index in [9.17, 15) is 9.59 Å². The molecule has 0 radical (unpaired) electrons. The van der Waals surface area contributed by atoms with Crippen LogP contribution in [0.15, 0.2) is 16.7 Å². The van der Waals surface area contributed by atoms with Crippen molar-refractivity contribution in [3.8, 4) is 5.82 Å². The van der Waals surface area contributed by atoms with Gasteiger partial charge in [0.15, 0.2) is 5.82 Å². The minimum atomic E-state index is -0.267. The van der Waals surface area contributed by atoms with Gasteiger partial charge in [0.2, 0.25) is 5.91 Å². The van der Waals surface area contributed by atoms with Crippen LogP contribution in [0.1, 0.15) is 46.8 Å². The van der Waals surface area contributed by atoms with Gasteiger partial charge in [-0.05, 0) is 45.6 Å². The SMILES string of the molecule is Cc1cc(-n2c(C)cc(C(=O)N3CCC(CC(N)=O)CC3)c2C)no1. The number of carbonyl (C=O) groups is 2. The van der Waals surface area contributed by atoms with Crippen LogP contribution in [0.5, 0.6) is 0 Å². The molecule has 25 heavy (non-hydrogen) atoms. The molecule has 2 amide bonds. The fourth-order valence-electron chi connectivity index (χ4n) is 3.59. The van der Waals surface area contributed by atoms with Crippen molar-refractivity contribution in [3.05, 3.63) is 34.8 Å². The van der Waals surface area contributed by atoms with Crippen LogP contribution in [0.3, 0.4) is 0 Å². The minimum absolute atomic E-state index is 0.0251. The van der Waals surface area contributed by atoms with Gasteiger partial charge in [-0.25, -0.2) is 0 Å². The average Bonchev–Trinajstić information content (AvgIpc) is 3.10. The average molecular weight is 344 g/mol. The second-order valence-corrected chi connectivity index (χ2v) is 6.82. The van der Waals surface area contributed by atoms with Gasteiger partial charge < -0.3 is 15.2 Å². The molecule has 7 heteroatoms. The van der Waals surface area contributed by atoms with Crippen molar-refractivity contribution in [2.75, 3.05) is 13.1 Å². The van der Waals surface area contributed by atoms with Crippen LogP contribution in [-0.4, -0.2) is 39.5 Å². The molecule has 0 aromatic carbocycles. The highest BCUT2D eigenvalue weighted by Gasteiger charge is 2.27. The summed E-state index contributed by atoms with van der Waals surface area (Å²) in [6.07, 6.45) is 2.04. The lowest BCUT2D eigenvalue weighted by atomic mass is 9.93. The largest absolute Gasteiger partial charge is 0.370 e. The minimum Gasteiger partial charge on any atom is -0.370 e. The molecular formula is C18H24N4O3. The van der Waals surface area contributed by atoms with Crippen LogP contribution >= 0.6 is 0 Å². The molecule has 0 unspecified atom stereocenters. The summed E-state index contributed by atoms with van der Waals surface area (Å²) >= 11 is 0. The molecule has 1 fully saturated rings. The van der Waals surface area contributed by atoms with Crippen molar-refractivity contribution in [3.63, 3.8) is 0 Å². The van der Waals surface area contributed by atoms with E-state index < -0.39 is 0 Å². The summed E-state index contributed by atoms with van der Waals surface area (Å²) < 4.78 is 7.09. The van der Waals surface area contributed by atoms with Crippen molar-refractivity contribution in [1.29, 1.82) is 0 Å². The summed E-state index contributed by atoms with van der Waals surface area (Å²) in [6.45, 7) is 7.02. The molecule has 1 aliphatic heterocycles. The number of aryl methyl sites for hydroxylation is 2. The third-order valence-corrected chi connectivity index (χ3v) is 4.90. The van der Waals surface area contributed by atoms with E-state index >= 15 is 0 Å². The van der Waals surface area contributed by atoms with E-state index in [0.717, 1.165) is 30.0 Å². The summed E-state index contributed by atoms with van der Waals surface area (Å²) in [7, 11) is 0. The standard InChI is InChI=1S/C18H24N4O3/c1-11-8-15(13(3)22(11)17-9-12(2)25-20-17)18(24)21-6-4-14(5-7-21)10-16(19)23/h8-9,14H,4-7,10H2,1-3H3,(H2,19,23). The maximum Gasteiger partial charge on any atom is 0.255 e. The Bertz CT molecular complexity index is 797. The number of likely N-dealkylation sites (tertiary alicyclic amines) is 1. The van der Waals surface area contributed by atoms with Gasteiger partial charge in [0.05, 0.1) is 5.56 Å². The number of carbonyl (C=O) groups excluding carboxylic acids is 2. The molecule has 2 aromatic heterocycles. The Morgan fingerprint density at radius 1 is 1.24 bits per heavy atom. The fraction of sp³-hybridized carbons (Fsp3) is 0.500. The molecule has 0 aliphatic carbocycles. The van der Waals surface area contributed by atoms with Crippen LogP contribution < -0.4 is 5.73 Å². The Labute approximate surface area is 146 Å². The molecule has 0 atom stereocenters. The fourth-order valence-corrected chi connectivity index (χ4v) is 3.59. The van der Waals surface area contributed by atoms with E-state index in [-0.39, 0.29) is 17.7 Å². The van der Waals surface area contributed by atoms with Gasteiger partial charge in [0.25, 0.3) is 5.91 Å². The van der Waals surface area contributed by atoms with E-state index in [2.05, 4.69) is 5.16 Å². The molecule has 1 aliphatic rings. The molecule has 1 saturated heterocycles. The number of hydrogen-bond donors (Lipinski definition) is 1. The highest BCUT2D eigenvalue weighted by molar-refractivity contribution is 5.96. The second-order valence-electron chi connectivity index (χ2n) is 6.82. The van der Waals surface area contributed by atoms with Crippen LogP contribution in [0.2, 0.25) is 0 Å². The maximum atomic E-state index is 12.9. The second kappa shape index (κ2) is 6.74. The smallest absolute Gasteiger partial charge is 0.255 e. The van der Waals surface area contributed by atoms with Gasteiger partial charge in [0, 0.05) is 37.0 Å². The molecular weight excluding hydrogens is 320 g/mol. The summed E-state index contributed by atoms with van der Waals surface area (Å²) in [5.74, 6) is 1.46. The van der Waals surface area contributed by atoms with Crippen molar-refractivity contribution in [1.82, 2.24) is 14.6 Å². The Morgan fingerprint density at radius 3 is 2.48 bits per heavy atom. The number of nitrogens with two attached hydrogens (primary N) is 1. The van der Waals surface area contributed by atoms with Crippen LogP contribution in [0, 0.1) is 26.7 Å². The van der Waals surface area contributed by atoms with Crippen molar-refractivity contribution >= 4 is 11.8 Å². The first-order valence-electron chi connectivity index (χ1n) is 8.57. The van der Waals surface area contributed by atoms with E-state index in [1.54, 1.807) is 0 Å². The normalized spacial score (nSPS) is 15.6. The number of hydrogen-bond acceptors (Lipinski definition) is 4. The van der Waals surface area contributed by atoms with Gasteiger partial charge in [-0.15, -0.1) is 0 Å². The van der Waals surface area contributed by atoms with Crippen LogP contribution in [-0.2, 0) is 4.79 Å². The number of aromatic nitrogens is 2. The molecule has 2 N–H and O–H groups in total. The predicted molar refractivity (Wildman–Crippen MR) is 92.5 cm³/mol. The Kier molecular flexibility index (Phi) is 4.65. The third kappa shape index (κ3) is 3.45. The summed E-state index contributed by atoms with van der Waals surface area (Å²) in [4.78, 5) is 25.8. The Balaban J connectivity index is 1.77. The monoisotopic (exact) mass is 344 g/mol. The van der Waals surface area contributed by atoms with Gasteiger partial charge in [-0.1, -0.05) is 5.16 Å². The van der Waals surface area contributed by atoms with E-state index in [1.165, 1.54) is 0 Å². The molecule has 2 aromatic rings. The molecule has 0 spiro atoms. The quantitative estimate of drug-likeness (QED) is 0.919. The lowest BCUT2D eigenvalue weighted by molar-refractivity contribution is -0.119. The molecule has 0 bridgehead atoms. The van der Waals surface area contributed by atoms with Gasteiger partial charge >= 0.3 is 0 Å². The highest BCUT2D eigenvalue weighted by atomic mass is 16.5. The van der Waals surface area contributed by atoms with Crippen molar-refractivity contribution in [2.45, 2.75) is 40.0 Å². The Hall–Kier alpha value is -2.57. The number of rotatable bonds is 4. The number of amides is 2. The zero-order valence-electron chi connectivity index (χ0n) is 14.9. The van der Waals surface area contributed by atoms with Gasteiger partial charge in [-0.3, -0.25) is 14.2 Å². The van der Waals surface area contributed by atoms with E-state index in [1.807, 2.05) is 42.4 Å². The molecule has 0 saturated carbocycles. The van der Waals surface area contributed by atoms with Crippen molar-refractivity contribution < 1.29 is 14.1 Å². The lowest BCUT2D eigenvalue weighted by Crippen LogP contribution is -2.39. The Morgan fingerprint density at radius 2 is 1.92 bits per heavy atom. The molecule has 3 heterocycles. The maximum absolute atomic E-state index is 12.9. The summed E-state index contributed by atoms with van der Waals surface area (Å²) in [5, 5.41) is 4.05. The lowest BCUT2D eigenvalue weighted by Gasteiger charge is -2.31. The number of piperidine rings is 1. The van der Waals surface area contributed by atoms with Gasteiger partial charge in [0.1, 0.15) is 5.76 Å². The van der Waals surface area contributed by atoms with Crippen molar-refractivity contribution in [2.24, 2.45) is 11.7 Å². The van der Waals surface area contributed by atoms with Gasteiger partial charge in [-0.2, -0.15) is 0 Å². The summed E-state index contributed by atoms with van der Waals surface area (Å²) in [6, 6.07) is 3.75. The van der Waals surface area contributed by atoms with Crippen LogP contribution in [0.4, 0.5) is 0 Å². The third-order valence-electron chi connectivity index (χ3n) is 4.90. The number of nitrogens with zero attached hydrogens (tertiary/aromatic N) is 3.